The molecule has 0 saturated heterocycles. The zero-order valence-corrected chi connectivity index (χ0v) is 13.1. The minimum absolute atomic E-state index is 0.0513. The first-order chi connectivity index (χ1) is 10.5. The summed E-state index contributed by atoms with van der Waals surface area (Å²) in [5.74, 6) is -0.996. The number of aryl methyl sites for hydroxylation is 1. The van der Waals surface area contributed by atoms with Gasteiger partial charge in [0.25, 0.3) is 0 Å². The number of carboxylic acid groups (broad SMARTS) is 1. The molecule has 1 aliphatic carbocycles. The summed E-state index contributed by atoms with van der Waals surface area (Å²) in [6.07, 6.45) is 7.10. The molecule has 0 radical (unpaired) electrons. The standard InChI is InChI=1S/C19H22O3/c1-3-4-5-14-7-10-15(11-8-14)18(20)17-12-16(19(21)22)9-6-13(17)2/h7-13H,3-6H2,1-2H3,(H,21,22). The molecule has 116 valence electrons. The highest BCUT2D eigenvalue weighted by Crippen LogP contribution is 2.27. The van der Waals surface area contributed by atoms with Gasteiger partial charge in [0.05, 0.1) is 5.57 Å². The van der Waals surface area contributed by atoms with Crippen LogP contribution in [0.3, 0.4) is 0 Å². The number of allylic oxidation sites excluding steroid dienone is 2. The Morgan fingerprint density at radius 2 is 1.91 bits per heavy atom. The average molecular weight is 298 g/mol. The molecule has 22 heavy (non-hydrogen) atoms. The van der Waals surface area contributed by atoms with Crippen LogP contribution in [-0.2, 0) is 11.2 Å². The largest absolute Gasteiger partial charge is 0.478 e. The average Bonchev–Trinajstić information content (AvgIpc) is 2.53. The van der Waals surface area contributed by atoms with Gasteiger partial charge in [0.2, 0.25) is 0 Å². The van der Waals surface area contributed by atoms with Gasteiger partial charge in [0, 0.05) is 11.1 Å². The molecule has 0 bridgehead atoms. The fourth-order valence-electron chi connectivity index (χ4n) is 2.61. The summed E-state index contributed by atoms with van der Waals surface area (Å²) in [5, 5.41) is 9.09. The second-order valence-electron chi connectivity index (χ2n) is 5.83. The summed E-state index contributed by atoms with van der Waals surface area (Å²) in [7, 11) is 0. The van der Waals surface area contributed by atoms with Crippen molar-refractivity contribution in [3.8, 4) is 0 Å². The molecule has 0 aromatic heterocycles. The molecule has 0 amide bonds. The number of Topliss-reactive ketones (excluding diaryl/α,β-unsaturated/α-hetero) is 1. The fraction of sp³-hybridized carbons (Fsp3) is 0.368. The molecule has 0 fully saturated rings. The number of carboxylic acids is 1. The molecule has 1 N–H and O–H groups in total. The summed E-state index contributed by atoms with van der Waals surface area (Å²) in [6, 6.07) is 7.68. The van der Waals surface area contributed by atoms with Crippen LogP contribution in [0.2, 0.25) is 0 Å². The topological polar surface area (TPSA) is 54.4 Å². The first kappa shape index (κ1) is 16.2. The molecule has 0 spiro atoms. The maximum Gasteiger partial charge on any atom is 0.335 e. The molecule has 3 nitrogen and oxygen atoms in total. The van der Waals surface area contributed by atoms with E-state index in [0.717, 1.165) is 19.3 Å². The molecule has 1 aromatic carbocycles. The lowest BCUT2D eigenvalue weighted by Crippen LogP contribution is -2.16. The van der Waals surface area contributed by atoms with Crippen molar-refractivity contribution in [3.63, 3.8) is 0 Å². The Bertz CT molecular complexity index is 621. The Morgan fingerprint density at radius 3 is 2.50 bits per heavy atom. The number of benzene rings is 1. The Morgan fingerprint density at radius 1 is 1.23 bits per heavy atom. The molecule has 1 unspecified atom stereocenters. The molecule has 0 heterocycles. The van der Waals surface area contributed by atoms with E-state index >= 15 is 0 Å². The lowest BCUT2D eigenvalue weighted by Gasteiger charge is -2.18. The van der Waals surface area contributed by atoms with Crippen LogP contribution in [0.15, 0.2) is 47.6 Å². The quantitative estimate of drug-likeness (QED) is 0.801. The van der Waals surface area contributed by atoms with Crippen molar-refractivity contribution in [2.75, 3.05) is 0 Å². The van der Waals surface area contributed by atoms with E-state index in [1.807, 2.05) is 31.2 Å². The van der Waals surface area contributed by atoms with Gasteiger partial charge in [-0.3, -0.25) is 4.79 Å². The number of carbonyl (C=O) groups excluding carboxylic acids is 1. The van der Waals surface area contributed by atoms with E-state index in [0.29, 0.717) is 17.6 Å². The molecule has 1 aliphatic rings. The lowest BCUT2D eigenvalue weighted by atomic mass is 9.85. The second-order valence-corrected chi connectivity index (χ2v) is 5.83. The number of aliphatic carboxylic acids is 1. The molecular weight excluding hydrogens is 276 g/mol. The molecule has 0 aliphatic heterocycles. The highest BCUT2D eigenvalue weighted by molar-refractivity contribution is 6.10. The van der Waals surface area contributed by atoms with Gasteiger partial charge in [-0.05, 0) is 36.8 Å². The first-order valence-electron chi connectivity index (χ1n) is 7.81. The van der Waals surface area contributed by atoms with E-state index in [-0.39, 0.29) is 17.3 Å². The number of carbonyl (C=O) groups is 2. The third-order valence-corrected chi connectivity index (χ3v) is 4.08. The van der Waals surface area contributed by atoms with E-state index in [1.54, 1.807) is 6.08 Å². The molecule has 2 rings (SSSR count). The van der Waals surface area contributed by atoms with Gasteiger partial charge in [0.1, 0.15) is 0 Å². The number of hydrogen-bond donors (Lipinski definition) is 1. The van der Waals surface area contributed by atoms with Crippen LogP contribution in [0, 0.1) is 5.92 Å². The van der Waals surface area contributed by atoms with Crippen LogP contribution in [0.25, 0.3) is 0 Å². The van der Waals surface area contributed by atoms with E-state index in [4.69, 9.17) is 5.11 Å². The van der Waals surface area contributed by atoms with Crippen molar-refractivity contribution in [1.82, 2.24) is 0 Å². The van der Waals surface area contributed by atoms with Crippen LogP contribution >= 0.6 is 0 Å². The van der Waals surface area contributed by atoms with Gasteiger partial charge in [-0.1, -0.05) is 50.6 Å². The Hall–Kier alpha value is -2.16. The number of unbranched alkanes of at least 4 members (excludes halogenated alkanes) is 1. The van der Waals surface area contributed by atoms with Gasteiger partial charge in [0.15, 0.2) is 5.78 Å². The Labute approximate surface area is 131 Å². The summed E-state index contributed by atoms with van der Waals surface area (Å²) in [6.45, 7) is 4.11. The predicted molar refractivity (Wildman–Crippen MR) is 87.0 cm³/mol. The highest BCUT2D eigenvalue weighted by atomic mass is 16.4. The van der Waals surface area contributed by atoms with Crippen LogP contribution < -0.4 is 0 Å². The molecule has 3 heteroatoms. The Kier molecular flexibility index (Phi) is 5.31. The Balaban J connectivity index is 2.19. The summed E-state index contributed by atoms with van der Waals surface area (Å²) in [4.78, 5) is 23.7. The minimum atomic E-state index is -0.980. The molecular formula is C19H22O3. The zero-order valence-electron chi connectivity index (χ0n) is 13.1. The van der Waals surface area contributed by atoms with Crippen molar-refractivity contribution in [2.45, 2.75) is 39.5 Å². The maximum absolute atomic E-state index is 12.6. The third-order valence-electron chi connectivity index (χ3n) is 4.08. The van der Waals surface area contributed by atoms with Crippen LogP contribution in [0.4, 0.5) is 0 Å². The van der Waals surface area contributed by atoms with Crippen LogP contribution in [-0.4, -0.2) is 16.9 Å². The fourth-order valence-corrected chi connectivity index (χ4v) is 2.61. The van der Waals surface area contributed by atoms with Gasteiger partial charge in [-0.15, -0.1) is 0 Å². The third kappa shape index (κ3) is 3.73. The summed E-state index contributed by atoms with van der Waals surface area (Å²) >= 11 is 0. The highest BCUT2D eigenvalue weighted by Gasteiger charge is 2.23. The van der Waals surface area contributed by atoms with E-state index in [1.165, 1.54) is 11.6 Å². The van der Waals surface area contributed by atoms with Gasteiger partial charge < -0.3 is 5.11 Å². The van der Waals surface area contributed by atoms with E-state index in [9.17, 15) is 9.59 Å². The van der Waals surface area contributed by atoms with Gasteiger partial charge >= 0.3 is 5.97 Å². The second kappa shape index (κ2) is 7.21. The number of rotatable bonds is 6. The zero-order chi connectivity index (χ0) is 16.1. The van der Waals surface area contributed by atoms with Crippen molar-refractivity contribution < 1.29 is 14.7 Å². The van der Waals surface area contributed by atoms with Crippen LogP contribution in [0.1, 0.15) is 49.0 Å². The van der Waals surface area contributed by atoms with Gasteiger partial charge in [-0.2, -0.15) is 0 Å². The summed E-state index contributed by atoms with van der Waals surface area (Å²) < 4.78 is 0. The SMILES string of the molecule is CCCCc1ccc(C(=O)C2=CC(C(=O)O)=CCC2C)cc1. The first-order valence-corrected chi connectivity index (χ1v) is 7.81. The van der Waals surface area contributed by atoms with Crippen molar-refractivity contribution >= 4 is 11.8 Å². The van der Waals surface area contributed by atoms with Crippen molar-refractivity contribution in [3.05, 3.63) is 58.7 Å². The molecule has 1 aromatic rings. The monoisotopic (exact) mass is 298 g/mol. The maximum atomic E-state index is 12.6. The summed E-state index contributed by atoms with van der Waals surface area (Å²) in [5.41, 5.74) is 2.66. The predicted octanol–water partition coefficient (Wildman–Crippen LogP) is 4.19. The minimum Gasteiger partial charge on any atom is -0.478 e. The number of hydrogen-bond acceptors (Lipinski definition) is 2. The lowest BCUT2D eigenvalue weighted by molar-refractivity contribution is -0.132. The molecule has 1 atom stereocenters. The van der Waals surface area contributed by atoms with Gasteiger partial charge in [-0.25, -0.2) is 4.79 Å². The van der Waals surface area contributed by atoms with Crippen molar-refractivity contribution in [1.29, 1.82) is 0 Å². The van der Waals surface area contributed by atoms with E-state index in [2.05, 4.69) is 6.92 Å². The van der Waals surface area contributed by atoms with Crippen molar-refractivity contribution in [2.24, 2.45) is 5.92 Å². The molecule has 0 saturated carbocycles. The van der Waals surface area contributed by atoms with E-state index < -0.39 is 5.97 Å². The van der Waals surface area contributed by atoms with Crippen LogP contribution in [0.5, 0.6) is 0 Å². The number of ketones is 1. The smallest absolute Gasteiger partial charge is 0.335 e. The normalized spacial score (nSPS) is 17.6.